The van der Waals surface area contributed by atoms with Crippen LogP contribution in [0.15, 0.2) is 24.5 Å². The number of hydrogen-bond acceptors (Lipinski definition) is 8. The van der Waals surface area contributed by atoms with Gasteiger partial charge in [0.15, 0.2) is 29.0 Å². The van der Waals surface area contributed by atoms with Gasteiger partial charge in [0.25, 0.3) is 0 Å². The lowest BCUT2D eigenvalue weighted by Gasteiger charge is -2.49. The highest BCUT2D eigenvalue weighted by Gasteiger charge is 2.56. The van der Waals surface area contributed by atoms with Gasteiger partial charge in [0.2, 0.25) is 5.28 Å². The van der Waals surface area contributed by atoms with Crippen LogP contribution in [0.2, 0.25) is 5.28 Å². The molecule has 3 aliphatic heterocycles. The van der Waals surface area contributed by atoms with Gasteiger partial charge < -0.3 is 24.2 Å². The van der Waals surface area contributed by atoms with Crippen LogP contribution in [0.5, 0.6) is 0 Å². The number of aryl methyl sites for hydroxylation is 1. The molecule has 2 aromatic heterocycles. The van der Waals surface area contributed by atoms with E-state index in [4.69, 9.17) is 25.8 Å². The number of hydrogen-bond donors (Lipinski definition) is 1. The van der Waals surface area contributed by atoms with E-state index in [1.165, 1.54) is 5.56 Å². The molecule has 2 unspecified atom stereocenters. The third-order valence-electron chi connectivity index (χ3n) is 7.75. The molecule has 3 saturated heterocycles. The smallest absolute Gasteiger partial charge is 0.226 e. The van der Waals surface area contributed by atoms with Gasteiger partial charge in [-0.05, 0) is 61.5 Å². The Labute approximate surface area is 205 Å². The molecular weight excluding hydrogens is 477 g/mol. The van der Waals surface area contributed by atoms with E-state index in [9.17, 15) is 9.50 Å². The van der Waals surface area contributed by atoms with Crippen molar-refractivity contribution in [2.45, 2.75) is 62.4 Å². The second kappa shape index (κ2) is 7.33. The molecule has 1 aliphatic carbocycles. The molecule has 35 heavy (non-hydrogen) atoms. The zero-order chi connectivity index (χ0) is 24.1. The van der Waals surface area contributed by atoms with E-state index in [0.29, 0.717) is 17.0 Å². The van der Waals surface area contributed by atoms with Crippen LogP contribution in [0.25, 0.3) is 11.2 Å². The summed E-state index contributed by atoms with van der Waals surface area (Å²) in [5, 5.41) is 9.95. The minimum absolute atomic E-state index is 0.00785. The van der Waals surface area contributed by atoms with Gasteiger partial charge in [-0.2, -0.15) is 9.97 Å². The number of rotatable bonds is 3. The fourth-order valence-electron chi connectivity index (χ4n) is 6.27. The lowest BCUT2D eigenvalue weighted by molar-refractivity contribution is -0.199. The Bertz CT molecular complexity index is 1340. The summed E-state index contributed by atoms with van der Waals surface area (Å²) >= 11 is 6.38. The minimum atomic E-state index is -0.786. The van der Waals surface area contributed by atoms with Crippen LogP contribution in [0, 0.1) is 5.82 Å². The Balaban J connectivity index is 1.22. The van der Waals surface area contributed by atoms with Crippen LogP contribution in [-0.4, -0.2) is 68.4 Å². The molecule has 11 heteroatoms. The molecule has 0 amide bonds. The van der Waals surface area contributed by atoms with Crippen molar-refractivity contribution in [2.75, 3.05) is 24.6 Å². The SMILES string of the molecule is CC1(C)OC2C(O1)[C@@H](CO)O[C@H]2n1cnc2c(N3CC4(CCc5cc(F)ccc54)C3)nc(Cl)nc21. The van der Waals surface area contributed by atoms with E-state index in [-0.39, 0.29) is 23.1 Å². The number of imidazole rings is 1. The van der Waals surface area contributed by atoms with E-state index in [2.05, 4.69) is 19.9 Å². The van der Waals surface area contributed by atoms with Crippen LogP contribution in [0.1, 0.15) is 37.6 Å². The van der Waals surface area contributed by atoms with Crippen molar-refractivity contribution in [2.24, 2.45) is 0 Å². The maximum atomic E-state index is 13.7. The van der Waals surface area contributed by atoms with Crippen molar-refractivity contribution in [3.8, 4) is 0 Å². The Kier molecular flexibility index (Phi) is 4.58. The molecule has 4 aliphatic rings. The number of aliphatic hydroxyl groups excluding tert-OH is 1. The predicted molar refractivity (Wildman–Crippen MR) is 124 cm³/mol. The second-order valence-corrected chi connectivity index (χ2v) is 10.7. The first-order chi connectivity index (χ1) is 16.8. The molecule has 184 valence electrons. The summed E-state index contributed by atoms with van der Waals surface area (Å²) in [7, 11) is 0. The van der Waals surface area contributed by atoms with Crippen LogP contribution in [-0.2, 0) is 26.0 Å². The van der Waals surface area contributed by atoms with Crippen LogP contribution in [0.3, 0.4) is 0 Å². The fraction of sp³-hybridized carbons (Fsp3) is 0.542. The van der Waals surface area contributed by atoms with Crippen LogP contribution >= 0.6 is 11.6 Å². The standard InChI is InChI=1S/C24H25ClFN5O4/c1-23(2)34-17-15(8-32)33-21(18(17)35-23)31-11-27-16-19(28-22(25)29-20(16)31)30-9-24(10-30)6-5-12-7-13(26)3-4-14(12)24/h3-4,7,11,15,17-18,21,32H,5-6,8-10H2,1-2H3/t15-,17?,18?,21-/m1/s1. The minimum Gasteiger partial charge on any atom is -0.394 e. The van der Waals surface area contributed by atoms with Gasteiger partial charge in [0.05, 0.1) is 12.9 Å². The van der Waals surface area contributed by atoms with Crippen molar-refractivity contribution < 1.29 is 23.7 Å². The number of aliphatic hydroxyl groups is 1. The van der Waals surface area contributed by atoms with Gasteiger partial charge in [-0.3, -0.25) is 4.57 Å². The molecule has 0 bridgehead atoms. The summed E-state index contributed by atoms with van der Waals surface area (Å²) in [5.74, 6) is -0.311. The van der Waals surface area contributed by atoms with Gasteiger partial charge in [0.1, 0.15) is 24.1 Å². The fourth-order valence-corrected chi connectivity index (χ4v) is 6.43. The maximum Gasteiger partial charge on any atom is 0.226 e. The molecule has 0 radical (unpaired) electrons. The van der Waals surface area contributed by atoms with E-state index in [0.717, 1.165) is 31.5 Å². The van der Waals surface area contributed by atoms with Crippen LogP contribution in [0.4, 0.5) is 10.2 Å². The first-order valence-corrected chi connectivity index (χ1v) is 12.2. The second-order valence-electron chi connectivity index (χ2n) is 10.4. The molecule has 1 aromatic carbocycles. The van der Waals surface area contributed by atoms with Crippen molar-refractivity contribution in [1.82, 2.24) is 19.5 Å². The van der Waals surface area contributed by atoms with Gasteiger partial charge in [-0.1, -0.05) is 6.07 Å². The highest BCUT2D eigenvalue weighted by Crippen LogP contribution is 2.48. The molecule has 1 N–H and O–H groups in total. The zero-order valence-corrected chi connectivity index (χ0v) is 20.1. The van der Waals surface area contributed by atoms with Gasteiger partial charge in [0, 0.05) is 18.5 Å². The summed E-state index contributed by atoms with van der Waals surface area (Å²) in [5.41, 5.74) is 3.45. The van der Waals surface area contributed by atoms with Crippen molar-refractivity contribution in [3.63, 3.8) is 0 Å². The molecular formula is C24H25ClFN5O4. The zero-order valence-electron chi connectivity index (χ0n) is 19.3. The molecule has 1 spiro atoms. The average molecular weight is 502 g/mol. The quantitative estimate of drug-likeness (QED) is 0.547. The number of nitrogens with zero attached hydrogens (tertiary/aromatic N) is 5. The third-order valence-corrected chi connectivity index (χ3v) is 7.92. The average Bonchev–Trinajstić information content (AvgIpc) is 3.51. The highest BCUT2D eigenvalue weighted by atomic mass is 35.5. The Morgan fingerprint density at radius 2 is 2.00 bits per heavy atom. The summed E-state index contributed by atoms with van der Waals surface area (Å²) in [6.45, 7) is 5.00. The number of fused-ring (bicyclic) bond motifs is 4. The van der Waals surface area contributed by atoms with E-state index in [1.54, 1.807) is 23.0 Å². The lowest BCUT2D eigenvalue weighted by Crippen LogP contribution is -2.58. The largest absolute Gasteiger partial charge is 0.394 e. The molecule has 4 atom stereocenters. The number of benzene rings is 1. The van der Waals surface area contributed by atoms with Crippen LogP contribution < -0.4 is 4.90 Å². The topological polar surface area (TPSA) is 94.8 Å². The number of ether oxygens (including phenoxy) is 3. The van der Waals surface area contributed by atoms with Gasteiger partial charge in [-0.15, -0.1) is 0 Å². The molecule has 9 nitrogen and oxygen atoms in total. The molecule has 3 fully saturated rings. The van der Waals surface area contributed by atoms with Gasteiger partial charge >= 0.3 is 0 Å². The van der Waals surface area contributed by atoms with E-state index < -0.39 is 30.3 Å². The maximum absolute atomic E-state index is 13.7. The van der Waals surface area contributed by atoms with Gasteiger partial charge in [-0.25, -0.2) is 9.37 Å². The number of halogens is 2. The molecule has 0 saturated carbocycles. The highest BCUT2D eigenvalue weighted by molar-refractivity contribution is 6.28. The Morgan fingerprint density at radius 1 is 1.20 bits per heavy atom. The number of aromatic nitrogens is 4. The van der Waals surface area contributed by atoms with Crippen molar-refractivity contribution >= 4 is 28.6 Å². The van der Waals surface area contributed by atoms with Crippen molar-refractivity contribution in [3.05, 3.63) is 46.8 Å². The first kappa shape index (κ1) is 21.9. The van der Waals surface area contributed by atoms with Crippen molar-refractivity contribution in [1.29, 1.82) is 0 Å². The Morgan fingerprint density at radius 3 is 2.80 bits per heavy atom. The first-order valence-electron chi connectivity index (χ1n) is 11.8. The van der Waals surface area contributed by atoms with E-state index >= 15 is 0 Å². The number of anilines is 1. The summed E-state index contributed by atoms with van der Waals surface area (Å²) in [6.07, 6.45) is 1.56. The summed E-state index contributed by atoms with van der Waals surface area (Å²) < 4.78 is 33.7. The molecule has 5 heterocycles. The molecule has 3 aromatic rings. The normalized spacial score (nSPS) is 30.1. The summed E-state index contributed by atoms with van der Waals surface area (Å²) in [6, 6.07) is 5.11. The monoisotopic (exact) mass is 501 g/mol. The Hall–Kier alpha value is -2.37. The lowest BCUT2D eigenvalue weighted by atomic mass is 9.75. The van der Waals surface area contributed by atoms with E-state index in [1.807, 2.05) is 19.9 Å². The summed E-state index contributed by atoms with van der Waals surface area (Å²) in [4.78, 5) is 15.8. The predicted octanol–water partition coefficient (Wildman–Crippen LogP) is 2.73. The molecule has 7 rings (SSSR count). The third kappa shape index (κ3) is 3.17.